The first-order valence-corrected chi connectivity index (χ1v) is 9.18. The van der Waals surface area contributed by atoms with Crippen molar-refractivity contribution in [3.05, 3.63) is 76.4 Å². The molecule has 140 valence electrons. The van der Waals surface area contributed by atoms with Crippen molar-refractivity contribution in [2.75, 3.05) is 0 Å². The highest BCUT2D eigenvalue weighted by Crippen LogP contribution is 2.17. The third-order valence-electron chi connectivity index (χ3n) is 4.96. The van der Waals surface area contributed by atoms with E-state index in [4.69, 9.17) is 0 Å². The Morgan fingerprint density at radius 3 is 2.19 bits per heavy atom. The maximum atomic E-state index is 12.3. The monoisotopic (exact) mass is 362 g/mol. The molecule has 3 rings (SSSR count). The number of hydrogen-bond donors (Lipinski definition) is 1. The predicted molar refractivity (Wildman–Crippen MR) is 110 cm³/mol. The Morgan fingerprint density at radius 1 is 1.00 bits per heavy atom. The van der Waals surface area contributed by atoms with Gasteiger partial charge in [0, 0.05) is 46.1 Å². The van der Waals surface area contributed by atoms with E-state index in [9.17, 15) is 4.79 Å². The number of rotatable bonds is 5. The molecule has 2 aromatic heterocycles. The Bertz CT molecular complexity index is 971. The number of hydrogen-bond acceptors (Lipinski definition) is 2. The zero-order valence-electron chi connectivity index (χ0n) is 16.6. The lowest BCUT2D eigenvalue weighted by Crippen LogP contribution is -2.17. The third-order valence-corrected chi connectivity index (χ3v) is 4.96. The minimum Gasteiger partial charge on any atom is -0.349 e. The Labute approximate surface area is 160 Å². The van der Waals surface area contributed by atoms with Gasteiger partial charge >= 0.3 is 0 Å². The SMILES string of the molecule is CCn1c(C)cc(/C=N\NC(=O)c2ccc(-n3c(C)ccc3C)cc2)c1C. The van der Waals surface area contributed by atoms with Gasteiger partial charge in [-0.05, 0) is 77.1 Å². The Balaban J connectivity index is 1.70. The average molecular weight is 362 g/mol. The number of hydrazone groups is 1. The summed E-state index contributed by atoms with van der Waals surface area (Å²) in [6.07, 6.45) is 1.70. The molecule has 0 saturated carbocycles. The topological polar surface area (TPSA) is 51.3 Å². The maximum absolute atomic E-state index is 12.3. The van der Waals surface area contributed by atoms with Gasteiger partial charge < -0.3 is 9.13 Å². The van der Waals surface area contributed by atoms with Crippen LogP contribution in [0.5, 0.6) is 0 Å². The molecule has 1 N–H and O–H groups in total. The van der Waals surface area contributed by atoms with Crippen molar-refractivity contribution in [3.63, 3.8) is 0 Å². The largest absolute Gasteiger partial charge is 0.349 e. The molecule has 0 aliphatic heterocycles. The number of amides is 1. The maximum Gasteiger partial charge on any atom is 0.271 e. The Morgan fingerprint density at radius 2 is 1.63 bits per heavy atom. The summed E-state index contributed by atoms with van der Waals surface area (Å²) in [4.78, 5) is 12.3. The van der Waals surface area contributed by atoms with Gasteiger partial charge in [-0.25, -0.2) is 5.43 Å². The van der Waals surface area contributed by atoms with E-state index in [0.717, 1.165) is 23.5 Å². The summed E-state index contributed by atoms with van der Waals surface area (Å²) in [5, 5.41) is 4.12. The molecule has 0 aliphatic carbocycles. The van der Waals surface area contributed by atoms with E-state index >= 15 is 0 Å². The van der Waals surface area contributed by atoms with Crippen LogP contribution in [0.15, 0.2) is 47.6 Å². The van der Waals surface area contributed by atoms with Gasteiger partial charge in [-0.3, -0.25) is 4.79 Å². The van der Waals surface area contributed by atoms with E-state index in [0.29, 0.717) is 5.56 Å². The normalized spacial score (nSPS) is 11.3. The summed E-state index contributed by atoms with van der Waals surface area (Å²) in [7, 11) is 0. The summed E-state index contributed by atoms with van der Waals surface area (Å²) in [6.45, 7) is 11.3. The highest BCUT2D eigenvalue weighted by atomic mass is 16.2. The molecule has 1 aromatic carbocycles. The molecular formula is C22H26N4O. The van der Waals surface area contributed by atoms with Gasteiger partial charge in [0.1, 0.15) is 0 Å². The average Bonchev–Trinajstić information content (AvgIpc) is 3.13. The van der Waals surface area contributed by atoms with Gasteiger partial charge in [-0.15, -0.1) is 0 Å². The molecule has 0 unspecified atom stereocenters. The summed E-state index contributed by atoms with van der Waals surface area (Å²) in [5.41, 5.74) is 9.92. The van der Waals surface area contributed by atoms with Crippen LogP contribution in [0.1, 0.15) is 45.6 Å². The van der Waals surface area contributed by atoms with Gasteiger partial charge in [0.2, 0.25) is 0 Å². The van der Waals surface area contributed by atoms with E-state index in [2.05, 4.69) is 72.5 Å². The van der Waals surface area contributed by atoms with Crippen LogP contribution in [0, 0.1) is 27.7 Å². The molecule has 5 heteroatoms. The smallest absolute Gasteiger partial charge is 0.271 e. The third kappa shape index (κ3) is 3.72. The lowest BCUT2D eigenvalue weighted by Gasteiger charge is -2.10. The molecule has 0 fully saturated rings. The van der Waals surface area contributed by atoms with E-state index in [1.807, 2.05) is 24.3 Å². The first-order valence-electron chi connectivity index (χ1n) is 9.18. The minimum absolute atomic E-state index is 0.219. The van der Waals surface area contributed by atoms with Crippen LogP contribution in [0.3, 0.4) is 0 Å². The van der Waals surface area contributed by atoms with Gasteiger partial charge in [0.05, 0.1) is 6.21 Å². The van der Waals surface area contributed by atoms with Crippen molar-refractivity contribution in [1.29, 1.82) is 0 Å². The van der Waals surface area contributed by atoms with Crippen molar-refractivity contribution in [3.8, 4) is 5.69 Å². The van der Waals surface area contributed by atoms with Crippen LogP contribution >= 0.6 is 0 Å². The number of carbonyl (C=O) groups is 1. The predicted octanol–water partition coefficient (Wildman–Crippen LogP) is 4.30. The standard InChI is InChI=1S/C22H26N4O/c1-6-25-17(4)13-20(18(25)5)14-23-24-22(27)19-9-11-21(12-10-19)26-15(2)7-8-16(26)3/h7-14H,6H2,1-5H3,(H,24,27)/b23-14-. The quantitative estimate of drug-likeness (QED) is 0.534. The molecule has 0 bridgehead atoms. The second-order valence-corrected chi connectivity index (χ2v) is 6.77. The number of aromatic nitrogens is 2. The molecule has 2 heterocycles. The molecule has 27 heavy (non-hydrogen) atoms. The summed E-state index contributed by atoms with van der Waals surface area (Å²) in [6, 6.07) is 13.8. The molecule has 0 spiro atoms. The fraction of sp³-hybridized carbons (Fsp3) is 0.273. The van der Waals surface area contributed by atoms with Crippen molar-refractivity contribution < 1.29 is 4.79 Å². The van der Waals surface area contributed by atoms with Crippen LogP contribution in [0.2, 0.25) is 0 Å². The first kappa shape index (κ1) is 18.7. The number of nitrogens with zero attached hydrogens (tertiary/aromatic N) is 3. The molecular weight excluding hydrogens is 336 g/mol. The van der Waals surface area contributed by atoms with Crippen molar-refractivity contribution in [1.82, 2.24) is 14.6 Å². The zero-order chi connectivity index (χ0) is 19.6. The van der Waals surface area contributed by atoms with Crippen LogP contribution in [0.4, 0.5) is 0 Å². The minimum atomic E-state index is -0.219. The van der Waals surface area contributed by atoms with E-state index in [-0.39, 0.29) is 5.91 Å². The van der Waals surface area contributed by atoms with Crippen molar-refractivity contribution >= 4 is 12.1 Å². The number of nitrogens with one attached hydrogen (secondary N) is 1. The molecule has 3 aromatic rings. The summed E-state index contributed by atoms with van der Waals surface area (Å²) in [5.74, 6) is -0.219. The van der Waals surface area contributed by atoms with Crippen LogP contribution in [-0.4, -0.2) is 21.3 Å². The van der Waals surface area contributed by atoms with Crippen molar-refractivity contribution in [2.24, 2.45) is 5.10 Å². The molecule has 0 radical (unpaired) electrons. The highest BCUT2D eigenvalue weighted by Gasteiger charge is 2.08. The van der Waals surface area contributed by atoms with E-state index in [1.54, 1.807) is 6.21 Å². The number of aryl methyl sites for hydroxylation is 3. The van der Waals surface area contributed by atoms with Gasteiger partial charge in [-0.1, -0.05) is 0 Å². The first-order chi connectivity index (χ1) is 12.9. The van der Waals surface area contributed by atoms with Crippen LogP contribution in [0.25, 0.3) is 5.69 Å². The van der Waals surface area contributed by atoms with Crippen LogP contribution < -0.4 is 5.43 Å². The van der Waals surface area contributed by atoms with Gasteiger partial charge in [0.15, 0.2) is 0 Å². The summed E-state index contributed by atoms with van der Waals surface area (Å²) < 4.78 is 4.37. The zero-order valence-corrected chi connectivity index (χ0v) is 16.6. The molecule has 5 nitrogen and oxygen atoms in total. The molecule has 0 aliphatic rings. The second kappa shape index (κ2) is 7.66. The second-order valence-electron chi connectivity index (χ2n) is 6.77. The fourth-order valence-electron chi connectivity index (χ4n) is 3.51. The molecule has 0 saturated heterocycles. The highest BCUT2D eigenvalue weighted by molar-refractivity contribution is 5.95. The molecule has 0 atom stereocenters. The van der Waals surface area contributed by atoms with E-state index in [1.165, 1.54) is 17.1 Å². The summed E-state index contributed by atoms with van der Waals surface area (Å²) >= 11 is 0. The Kier molecular flexibility index (Phi) is 5.31. The van der Waals surface area contributed by atoms with Crippen molar-refractivity contribution in [2.45, 2.75) is 41.2 Å². The van der Waals surface area contributed by atoms with E-state index < -0.39 is 0 Å². The number of carbonyl (C=O) groups excluding carboxylic acids is 1. The molecule has 1 amide bonds. The Hall–Kier alpha value is -3.08. The lowest BCUT2D eigenvalue weighted by molar-refractivity contribution is 0.0955. The van der Waals surface area contributed by atoms with Crippen LogP contribution in [-0.2, 0) is 6.54 Å². The van der Waals surface area contributed by atoms with Gasteiger partial charge in [0.25, 0.3) is 5.91 Å². The lowest BCUT2D eigenvalue weighted by atomic mass is 10.2. The van der Waals surface area contributed by atoms with Gasteiger partial charge in [-0.2, -0.15) is 5.10 Å². The fourth-order valence-corrected chi connectivity index (χ4v) is 3.51. The number of benzene rings is 1.